The lowest BCUT2D eigenvalue weighted by Gasteiger charge is -2.19. The zero-order chi connectivity index (χ0) is 15.1. The van der Waals surface area contributed by atoms with E-state index in [1.807, 2.05) is 18.2 Å². The number of halogens is 1. The molecule has 1 N–H and O–H groups in total. The molecular weight excluding hydrogens is 286 g/mol. The van der Waals surface area contributed by atoms with E-state index in [-0.39, 0.29) is 17.9 Å². The lowest BCUT2D eigenvalue weighted by atomic mass is 10.0. The highest BCUT2D eigenvalue weighted by Crippen LogP contribution is 2.34. The molecule has 0 radical (unpaired) electrons. The molecule has 0 fully saturated rings. The molecule has 2 rings (SSSR count). The lowest BCUT2D eigenvalue weighted by molar-refractivity contribution is -0.118. The molecule has 116 valence electrons. The number of nitrogens with one attached hydrogen (secondary N) is 1. The average Bonchev–Trinajstić information content (AvgIpc) is 2.49. The van der Waals surface area contributed by atoms with E-state index in [4.69, 9.17) is 16.3 Å². The number of hydrogen-bond acceptors (Lipinski definition) is 2. The molecule has 0 aliphatic carbocycles. The van der Waals surface area contributed by atoms with Gasteiger partial charge in [0.15, 0.2) is 6.61 Å². The smallest absolute Gasteiger partial charge is 0.262 e. The highest BCUT2D eigenvalue weighted by Gasteiger charge is 2.17. The van der Waals surface area contributed by atoms with Gasteiger partial charge in [0.1, 0.15) is 5.75 Å². The van der Waals surface area contributed by atoms with Crippen molar-refractivity contribution in [3.63, 3.8) is 0 Å². The van der Waals surface area contributed by atoms with Crippen molar-refractivity contribution < 1.29 is 9.53 Å². The molecule has 1 unspecified atom stereocenters. The molecule has 0 aromatic heterocycles. The van der Waals surface area contributed by atoms with Gasteiger partial charge in [0.2, 0.25) is 0 Å². The van der Waals surface area contributed by atoms with Crippen molar-refractivity contribution in [1.29, 1.82) is 0 Å². The maximum Gasteiger partial charge on any atom is 0.262 e. The van der Waals surface area contributed by atoms with Gasteiger partial charge >= 0.3 is 0 Å². The number of rotatable bonds is 8. The van der Waals surface area contributed by atoms with E-state index in [1.165, 1.54) is 32.1 Å². The van der Waals surface area contributed by atoms with Crippen molar-refractivity contribution >= 4 is 23.2 Å². The van der Waals surface area contributed by atoms with Crippen molar-refractivity contribution in [2.24, 2.45) is 0 Å². The number of benzene rings is 1. The molecule has 3 nitrogen and oxygen atoms in total. The van der Waals surface area contributed by atoms with Gasteiger partial charge < -0.3 is 10.1 Å². The Morgan fingerprint density at radius 2 is 2.00 bits per heavy atom. The summed E-state index contributed by atoms with van der Waals surface area (Å²) in [5, 5.41) is 2.82. The van der Waals surface area contributed by atoms with E-state index in [2.05, 4.69) is 12.2 Å². The van der Waals surface area contributed by atoms with Crippen LogP contribution in [-0.2, 0) is 4.79 Å². The minimum absolute atomic E-state index is 0.000281. The third kappa shape index (κ3) is 4.92. The van der Waals surface area contributed by atoms with Gasteiger partial charge in [-0.1, -0.05) is 51.5 Å². The van der Waals surface area contributed by atoms with Gasteiger partial charge in [0, 0.05) is 0 Å². The Labute approximate surface area is 132 Å². The maximum absolute atomic E-state index is 11.3. The number of hydrogen-bond donors (Lipinski definition) is 1. The topological polar surface area (TPSA) is 38.3 Å². The Bertz CT molecular complexity index is 476. The molecule has 21 heavy (non-hydrogen) atoms. The SMILES string of the molecule is CCCCCCCCC(Cl)c1ccc2c(c1)NC(=O)CO2. The van der Waals surface area contributed by atoms with Gasteiger partial charge in [-0.15, -0.1) is 11.6 Å². The van der Waals surface area contributed by atoms with E-state index in [9.17, 15) is 4.79 Å². The third-order valence-electron chi connectivity index (χ3n) is 3.81. The van der Waals surface area contributed by atoms with Crippen LogP contribution >= 0.6 is 11.6 Å². The molecular formula is C17H24ClNO2. The molecule has 1 aliphatic heterocycles. The monoisotopic (exact) mass is 309 g/mol. The zero-order valence-electron chi connectivity index (χ0n) is 12.7. The first kappa shape index (κ1) is 16.2. The van der Waals surface area contributed by atoms with Crippen LogP contribution in [0.2, 0.25) is 0 Å². The first-order chi connectivity index (χ1) is 10.2. The van der Waals surface area contributed by atoms with Crippen LogP contribution in [0.3, 0.4) is 0 Å². The number of anilines is 1. The molecule has 0 bridgehead atoms. The Kier molecular flexibility index (Phi) is 6.37. The van der Waals surface area contributed by atoms with Crippen molar-refractivity contribution in [2.45, 2.75) is 57.2 Å². The summed E-state index contributed by atoms with van der Waals surface area (Å²) in [4.78, 5) is 11.3. The molecule has 1 aromatic rings. The van der Waals surface area contributed by atoms with Gasteiger partial charge in [-0.2, -0.15) is 0 Å². The number of alkyl halides is 1. The minimum atomic E-state index is -0.110. The summed E-state index contributed by atoms with van der Waals surface area (Å²) >= 11 is 6.47. The second kappa shape index (κ2) is 8.28. The molecule has 0 spiro atoms. The Morgan fingerprint density at radius 1 is 1.24 bits per heavy atom. The predicted octanol–water partition coefficient (Wildman–Crippen LogP) is 5.05. The van der Waals surface area contributed by atoms with Gasteiger partial charge in [0.05, 0.1) is 11.1 Å². The first-order valence-electron chi connectivity index (χ1n) is 7.91. The minimum Gasteiger partial charge on any atom is -0.482 e. The standard InChI is InChI=1S/C17H24ClNO2/c1-2-3-4-5-6-7-8-14(18)13-9-10-16-15(11-13)19-17(20)12-21-16/h9-11,14H,2-8,12H2,1H3,(H,19,20). The quantitative estimate of drug-likeness (QED) is 0.539. The zero-order valence-corrected chi connectivity index (χ0v) is 13.4. The predicted molar refractivity (Wildman–Crippen MR) is 87.2 cm³/mol. The number of ether oxygens (including phenoxy) is 1. The van der Waals surface area contributed by atoms with E-state index in [1.54, 1.807) is 0 Å². The molecule has 0 saturated heterocycles. The van der Waals surface area contributed by atoms with Crippen molar-refractivity contribution in [1.82, 2.24) is 0 Å². The number of fused-ring (bicyclic) bond motifs is 1. The summed E-state index contributed by atoms with van der Waals surface area (Å²) in [5.74, 6) is 0.614. The van der Waals surface area contributed by atoms with Crippen LogP contribution < -0.4 is 10.1 Å². The van der Waals surface area contributed by atoms with Crippen LogP contribution in [-0.4, -0.2) is 12.5 Å². The van der Waals surface area contributed by atoms with Gasteiger partial charge in [0.25, 0.3) is 5.91 Å². The molecule has 1 atom stereocenters. The van der Waals surface area contributed by atoms with Crippen LogP contribution in [0.5, 0.6) is 5.75 Å². The first-order valence-corrected chi connectivity index (χ1v) is 8.35. The van der Waals surface area contributed by atoms with Crippen LogP contribution in [0.25, 0.3) is 0 Å². The third-order valence-corrected chi connectivity index (χ3v) is 4.28. The number of carbonyl (C=O) groups is 1. The van der Waals surface area contributed by atoms with Crippen molar-refractivity contribution in [3.8, 4) is 5.75 Å². The second-order valence-corrected chi connectivity index (χ2v) is 6.14. The number of amides is 1. The summed E-state index contributed by atoms with van der Waals surface area (Å²) in [6.07, 6.45) is 8.60. The molecule has 1 aromatic carbocycles. The Hall–Kier alpha value is -1.22. The van der Waals surface area contributed by atoms with Crippen molar-refractivity contribution in [2.75, 3.05) is 11.9 Å². The summed E-state index contributed by atoms with van der Waals surface area (Å²) < 4.78 is 5.35. The van der Waals surface area contributed by atoms with Gasteiger partial charge in [-0.05, 0) is 24.1 Å². The fraction of sp³-hybridized carbons (Fsp3) is 0.588. The normalized spacial score (nSPS) is 15.0. The van der Waals surface area contributed by atoms with E-state index in [0.717, 1.165) is 29.8 Å². The van der Waals surface area contributed by atoms with E-state index in [0.29, 0.717) is 0 Å². The van der Waals surface area contributed by atoms with Crippen LogP contribution in [0.1, 0.15) is 62.8 Å². The fourth-order valence-corrected chi connectivity index (χ4v) is 2.86. The molecule has 4 heteroatoms. The van der Waals surface area contributed by atoms with Crippen LogP contribution in [0, 0.1) is 0 Å². The number of carbonyl (C=O) groups excluding carboxylic acids is 1. The Balaban J connectivity index is 1.81. The summed E-state index contributed by atoms with van der Waals surface area (Å²) in [5.41, 5.74) is 1.78. The van der Waals surface area contributed by atoms with Gasteiger partial charge in [-0.25, -0.2) is 0 Å². The summed E-state index contributed by atoms with van der Waals surface area (Å²) in [7, 11) is 0. The van der Waals surface area contributed by atoms with E-state index < -0.39 is 0 Å². The molecule has 0 saturated carbocycles. The highest BCUT2D eigenvalue weighted by molar-refractivity contribution is 6.20. The van der Waals surface area contributed by atoms with Crippen molar-refractivity contribution in [3.05, 3.63) is 23.8 Å². The van der Waals surface area contributed by atoms with E-state index >= 15 is 0 Å². The summed E-state index contributed by atoms with van der Waals surface area (Å²) in [6.45, 7) is 2.32. The average molecular weight is 310 g/mol. The van der Waals surface area contributed by atoms with Gasteiger partial charge in [-0.3, -0.25) is 4.79 Å². The lowest BCUT2D eigenvalue weighted by Crippen LogP contribution is -2.25. The summed E-state index contributed by atoms with van der Waals surface area (Å²) in [6, 6.07) is 5.81. The van der Waals surface area contributed by atoms with Crippen LogP contribution in [0.4, 0.5) is 5.69 Å². The Morgan fingerprint density at radius 3 is 2.81 bits per heavy atom. The largest absolute Gasteiger partial charge is 0.482 e. The second-order valence-electron chi connectivity index (χ2n) is 5.62. The maximum atomic E-state index is 11.3. The highest BCUT2D eigenvalue weighted by atomic mass is 35.5. The molecule has 1 aliphatic rings. The fourth-order valence-electron chi connectivity index (χ4n) is 2.57. The molecule has 1 amide bonds. The van der Waals surface area contributed by atoms with Crippen LogP contribution in [0.15, 0.2) is 18.2 Å². The number of unbranched alkanes of at least 4 members (excludes halogenated alkanes) is 5. The molecule has 1 heterocycles.